The number of carbonyl (C=O) groups is 2. The largest absolute Gasteiger partial charge is 0.479 e. The summed E-state index contributed by atoms with van der Waals surface area (Å²) in [5.41, 5.74) is 2.39. The summed E-state index contributed by atoms with van der Waals surface area (Å²) in [6.07, 6.45) is -0.170. The van der Waals surface area contributed by atoms with Crippen LogP contribution >= 0.6 is 0 Å². The van der Waals surface area contributed by atoms with E-state index in [2.05, 4.69) is 5.32 Å². The summed E-state index contributed by atoms with van der Waals surface area (Å²) in [4.78, 5) is 22.8. The van der Waals surface area contributed by atoms with Crippen LogP contribution in [0, 0.1) is 12.8 Å². The molecule has 2 N–H and O–H groups in total. The molecule has 20 heavy (non-hydrogen) atoms. The molecule has 0 aliphatic heterocycles. The van der Waals surface area contributed by atoms with Crippen LogP contribution in [0.4, 0.5) is 0 Å². The highest BCUT2D eigenvalue weighted by molar-refractivity contribution is 5.83. The van der Waals surface area contributed by atoms with E-state index in [0.717, 1.165) is 6.42 Å². The van der Waals surface area contributed by atoms with Crippen LogP contribution in [0.2, 0.25) is 0 Å². The quantitative estimate of drug-likeness (QED) is 0.822. The van der Waals surface area contributed by atoms with E-state index in [-0.39, 0.29) is 24.3 Å². The van der Waals surface area contributed by atoms with Gasteiger partial charge in [0.05, 0.1) is 6.54 Å². The van der Waals surface area contributed by atoms with Crippen molar-refractivity contribution in [3.63, 3.8) is 0 Å². The average molecular weight is 277 g/mol. The Labute approximate surface area is 117 Å². The Bertz CT molecular complexity index is 514. The molecule has 0 bridgehead atoms. The van der Waals surface area contributed by atoms with Crippen LogP contribution < -0.4 is 5.32 Å². The van der Waals surface area contributed by atoms with E-state index in [1.165, 1.54) is 18.2 Å². The summed E-state index contributed by atoms with van der Waals surface area (Å²) in [5.74, 6) is -0.968. The number of rotatable bonds is 6. The fourth-order valence-corrected chi connectivity index (χ4v) is 2.43. The first-order valence-electron chi connectivity index (χ1n) is 6.63. The summed E-state index contributed by atoms with van der Waals surface area (Å²) in [5, 5.41) is 11.5. The van der Waals surface area contributed by atoms with Crippen molar-refractivity contribution in [2.75, 3.05) is 13.7 Å². The lowest BCUT2D eigenvalue weighted by Gasteiger charge is -2.11. The fourth-order valence-electron chi connectivity index (χ4n) is 2.43. The molecule has 1 fully saturated rings. The Morgan fingerprint density at radius 3 is 2.75 bits per heavy atom. The van der Waals surface area contributed by atoms with Gasteiger partial charge in [-0.05, 0) is 30.4 Å². The second-order valence-corrected chi connectivity index (χ2v) is 5.11. The molecule has 0 heterocycles. The first kappa shape index (κ1) is 14.5. The van der Waals surface area contributed by atoms with Crippen LogP contribution in [0.5, 0.6) is 0 Å². The highest BCUT2D eigenvalue weighted by Gasteiger charge is 2.44. The summed E-state index contributed by atoms with van der Waals surface area (Å²) in [6, 6.07) is 8.03. The van der Waals surface area contributed by atoms with Gasteiger partial charge in [0.15, 0.2) is 6.10 Å². The van der Waals surface area contributed by atoms with E-state index in [1.807, 2.05) is 31.2 Å². The monoisotopic (exact) mass is 277 g/mol. The van der Waals surface area contributed by atoms with E-state index in [9.17, 15) is 9.59 Å². The van der Waals surface area contributed by atoms with Crippen LogP contribution in [0.1, 0.15) is 23.5 Å². The van der Waals surface area contributed by atoms with E-state index in [4.69, 9.17) is 9.84 Å². The normalized spacial score (nSPS) is 22.1. The van der Waals surface area contributed by atoms with Gasteiger partial charge in [0, 0.05) is 13.0 Å². The lowest BCUT2D eigenvalue weighted by atomic mass is 10.0. The summed E-state index contributed by atoms with van der Waals surface area (Å²) in [7, 11) is 1.32. The second-order valence-electron chi connectivity index (χ2n) is 5.11. The van der Waals surface area contributed by atoms with Crippen LogP contribution in [0.25, 0.3) is 0 Å². The third-order valence-electron chi connectivity index (χ3n) is 3.74. The Balaban J connectivity index is 1.87. The SMILES string of the molecule is COC(CNC(=O)C1CC1c1ccccc1C)C(=O)O. The van der Waals surface area contributed by atoms with Gasteiger partial charge in [0.25, 0.3) is 0 Å². The minimum atomic E-state index is -1.07. The molecule has 3 atom stereocenters. The zero-order valence-electron chi connectivity index (χ0n) is 11.6. The van der Waals surface area contributed by atoms with E-state index >= 15 is 0 Å². The van der Waals surface area contributed by atoms with E-state index < -0.39 is 12.1 Å². The van der Waals surface area contributed by atoms with Crippen molar-refractivity contribution in [2.24, 2.45) is 5.92 Å². The number of nitrogens with one attached hydrogen (secondary N) is 1. The summed E-state index contributed by atoms with van der Waals surface area (Å²) < 4.78 is 4.78. The molecule has 1 aliphatic rings. The molecular formula is C15H19NO4. The molecule has 1 aliphatic carbocycles. The topological polar surface area (TPSA) is 75.6 Å². The number of benzene rings is 1. The maximum Gasteiger partial charge on any atom is 0.334 e. The van der Waals surface area contributed by atoms with Crippen molar-refractivity contribution in [1.29, 1.82) is 0 Å². The number of carboxylic acids is 1. The lowest BCUT2D eigenvalue weighted by molar-refractivity contribution is -0.148. The zero-order chi connectivity index (χ0) is 14.7. The zero-order valence-corrected chi connectivity index (χ0v) is 11.6. The van der Waals surface area contributed by atoms with Gasteiger partial charge in [-0.3, -0.25) is 4.79 Å². The fraction of sp³-hybridized carbons (Fsp3) is 0.467. The van der Waals surface area contributed by atoms with Crippen molar-refractivity contribution < 1.29 is 19.4 Å². The number of ether oxygens (including phenoxy) is 1. The number of carbonyl (C=O) groups excluding carboxylic acids is 1. The van der Waals surface area contributed by atoms with Crippen molar-refractivity contribution in [2.45, 2.75) is 25.4 Å². The van der Waals surface area contributed by atoms with Crippen LogP contribution in [-0.4, -0.2) is 36.7 Å². The molecule has 1 aromatic rings. The first-order valence-corrected chi connectivity index (χ1v) is 6.63. The van der Waals surface area contributed by atoms with Gasteiger partial charge in [-0.2, -0.15) is 0 Å². The van der Waals surface area contributed by atoms with Crippen LogP contribution in [0.15, 0.2) is 24.3 Å². The van der Waals surface area contributed by atoms with Gasteiger partial charge in [0.2, 0.25) is 5.91 Å². The summed E-state index contributed by atoms with van der Waals surface area (Å²) in [6.45, 7) is 2.04. The van der Waals surface area contributed by atoms with Gasteiger partial charge < -0.3 is 15.2 Å². The maximum atomic E-state index is 12.0. The predicted molar refractivity (Wildman–Crippen MR) is 73.5 cm³/mol. The third kappa shape index (κ3) is 3.17. The number of hydrogen-bond donors (Lipinski definition) is 2. The number of carboxylic acid groups (broad SMARTS) is 1. The molecule has 5 heteroatoms. The number of methoxy groups -OCH3 is 1. The van der Waals surface area contributed by atoms with Crippen molar-refractivity contribution in [3.8, 4) is 0 Å². The molecule has 0 aromatic heterocycles. The van der Waals surface area contributed by atoms with Gasteiger partial charge in [0.1, 0.15) is 0 Å². The molecule has 1 amide bonds. The van der Waals surface area contributed by atoms with Gasteiger partial charge in [-0.1, -0.05) is 24.3 Å². The van der Waals surface area contributed by atoms with Gasteiger partial charge in [-0.15, -0.1) is 0 Å². The third-order valence-corrected chi connectivity index (χ3v) is 3.74. The average Bonchev–Trinajstić information content (AvgIpc) is 3.19. The smallest absolute Gasteiger partial charge is 0.334 e. The number of hydrogen-bond acceptors (Lipinski definition) is 3. The Morgan fingerprint density at radius 1 is 1.45 bits per heavy atom. The number of amides is 1. The molecule has 1 saturated carbocycles. The van der Waals surface area contributed by atoms with Crippen LogP contribution in [0.3, 0.4) is 0 Å². The van der Waals surface area contributed by atoms with Crippen molar-refractivity contribution in [3.05, 3.63) is 35.4 Å². The standard InChI is InChI=1S/C15H19NO4/c1-9-5-3-4-6-10(9)11-7-12(11)14(17)16-8-13(20-2)15(18)19/h3-6,11-13H,7-8H2,1-2H3,(H,16,17)(H,18,19). The highest BCUT2D eigenvalue weighted by Crippen LogP contribution is 2.48. The molecule has 0 spiro atoms. The van der Waals surface area contributed by atoms with Crippen LogP contribution in [-0.2, 0) is 14.3 Å². The van der Waals surface area contributed by atoms with Crippen molar-refractivity contribution in [1.82, 2.24) is 5.32 Å². The van der Waals surface area contributed by atoms with Gasteiger partial charge in [-0.25, -0.2) is 4.79 Å². The maximum absolute atomic E-state index is 12.0. The molecular weight excluding hydrogens is 258 g/mol. The minimum Gasteiger partial charge on any atom is -0.479 e. The molecule has 2 rings (SSSR count). The molecule has 108 valence electrons. The van der Waals surface area contributed by atoms with Crippen molar-refractivity contribution >= 4 is 11.9 Å². The Kier molecular flexibility index (Phi) is 4.39. The number of aliphatic carboxylic acids is 1. The number of aryl methyl sites for hydroxylation is 1. The molecule has 3 unspecified atom stereocenters. The minimum absolute atomic E-state index is 0.00165. The summed E-state index contributed by atoms with van der Waals surface area (Å²) >= 11 is 0. The predicted octanol–water partition coefficient (Wildman–Crippen LogP) is 1.31. The first-order chi connectivity index (χ1) is 9.54. The second kappa shape index (κ2) is 6.05. The molecule has 5 nitrogen and oxygen atoms in total. The van der Waals surface area contributed by atoms with E-state index in [1.54, 1.807) is 0 Å². The molecule has 0 saturated heterocycles. The van der Waals surface area contributed by atoms with E-state index in [0.29, 0.717) is 0 Å². The lowest BCUT2D eigenvalue weighted by Crippen LogP contribution is -2.38. The Hall–Kier alpha value is -1.88. The van der Waals surface area contributed by atoms with Gasteiger partial charge >= 0.3 is 5.97 Å². The molecule has 0 radical (unpaired) electrons. The molecule has 1 aromatic carbocycles. The highest BCUT2D eigenvalue weighted by atomic mass is 16.5. The Morgan fingerprint density at radius 2 is 2.15 bits per heavy atom.